The second-order valence-electron chi connectivity index (χ2n) is 3.67. The molecule has 0 aliphatic rings. The predicted octanol–water partition coefficient (Wildman–Crippen LogP) is 3.03. The van der Waals surface area contributed by atoms with Crippen molar-refractivity contribution in [1.82, 2.24) is 9.97 Å². The van der Waals surface area contributed by atoms with Crippen LogP contribution in [-0.4, -0.2) is 9.97 Å². The second kappa shape index (κ2) is 3.28. The Labute approximate surface area is 90.8 Å². The number of anilines is 1. The fourth-order valence-corrected chi connectivity index (χ4v) is 1.88. The van der Waals surface area contributed by atoms with Crippen molar-refractivity contribution >= 4 is 32.7 Å². The Morgan fingerprint density at radius 3 is 2.79 bits per heavy atom. The molecular weight excluding hydrogens is 242 g/mol. The van der Waals surface area contributed by atoms with E-state index in [1.165, 1.54) is 0 Å². The lowest BCUT2D eigenvalue weighted by atomic mass is 10.2. The van der Waals surface area contributed by atoms with Gasteiger partial charge in [0.1, 0.15) is 11.3 Å². The molecule has 0 atom stereocenters. The van der Waals surface area contributed by atoms with Gasteiger partial charge in [0.2, 0.25) is 0 Å². The quantitative estimate of drug-likeness (QED) is 0.768. The highest BCUT2D eigenvalue weighted by Crippen LogP contribution is 2.26. The van der Waals surface area contributed by atoms with Gasteiger partial charge in [-0.05, 0) is 12.1 Å². The third kappa shape index (κ3) is 1.50. The van der Waals surface area contributed by atoms with E-state index >= 15 is 0 Å². The summed E-state index contributed by atoms with van der Waals surface area (Å²) in [5.41, 5.74) is 8.41. The van der Waals surface area contributed by atoms with Crippen molar-refractivity contribution in [2.24, 2.45) is 0 Å². The average molecular weight is 254 g/mol. The number of halogens is 1. The van der Waals surface area contributed by atoms with Crippen LogP contribution in [0.15, 0.2) is 16.6 Å². The molecule has 0 aliphatic carbocycles. The third-order valence-electron chi connectivity index (χ3n) is 2.15. The molecule has 3 nitrogen and oxygen atoms in total. The molecule has 14 heavy (non-hydrogen) atoms. The van der Waals surface area contributed by atoms with Gasteiger partial charge in [0.25, 0.3) is 0 Å². The maximum absolute atomic E-state index is 5.86. The minimum Gasteiger partial charge on any atom is -0.397 e. The standard InChI is InChI=1S/C10H12BrN3/c1-5(2)10-13-8-4-6(11)3-7(12)9(8)14-10/h3-5H,12H2,1-2H3,(H,13,14). The van der Waals surface area contributed by atoms with Gasteiger partial charge < -0.3 is 10.7 Å². The van der Waals surface area contributed by atoms with Crippen LogP contribution in [0, 0.1) is 0 Å². The molecule has 0 saturated carbocycles. The number of aromatic amines is 1. The fourth-order valence-electron chi connectivity index (χ4n) is 1.40. The van der Waals surface area contributed by atoms with Crippen molar-refractivity contribution in [3.8, 4) is 0 Å². The first-order valence-electron chi connectivity index (χ1n) is 4.52. The molecule has 2 rings (SSSR count). The Bertz CT molecular complexity index is 473. The Hall–Kier alpha value is -1.03. The van der Waals surface area contributed by atoms with E-state index in [-0.39, 0.29) is 0 Å². The monoisotopic (exact) mass is 253 g/mol. The van der Waals surface area contributed by atoms with Gasteiger partial charge in [-0.25, -0.2) is 4.98 Å². The van der Waals surface area contributed by atoms with Crippen LogP contribution < -0.4 is 5.73 Å². The number of H-pyrrole nitrogens is 1. The summed E-state index contributed by atoms with van der Waals surface area (Å²) < 4.78 is 0.974. The number of aromatic nitrogens is 2. The molecule has 0 saturated heterocycles. The maximum Gasteiger partial charge on any atom is 0.112 e. The smallest absolute Gasteiger partial charge is 0.112 e. The van der Waals surface area contributed by atoms with Gasteiger partial charge in [0.15, 0.2) is 0 Å². The Kier molecular flexibility index (Phi) is 2.23. The van der Waals surface area contributed by atoms with Crippen LogP contribution in [0.1, 0.15) is 25.6 Å². The predicted molar refractivity (Wildman–Crippen MR) is 62.3 cm³/mol. The van der Waals surface area contributed by atoms with Crippen LogP contribution in [0.5, 0.6) is 0 Å². The highest BCUT2D eigenvalue weighted by Gasteiger charge is 2.08. The van der Waals surface area contributed by atoms with E-state index in [0.29, 0.717) is 11.6 Å². The number of nitrogens with two attached hydrogens (primary N) is 1. The van der Waals surface area contributed by atoms with Crippen LogP contribution in [0.4, 0.5) is 5.69 Å². The van der Waals surface area contributed by atoms with Gasteiger partial charge in [-0.2, -0.15) is 0 Å². The van der Waals surface area contributed by atoms with Gasteiger partial charge in [-0.1, -0.05) is 29.8 Å². The maximum atomic E-state index is 5.86. The molecule has 4 heteroatoms. The lowest BCUT2D eigenvalue weighted by Gasteiger charge is -1.95. The molecule has 3 N–H and O–H groups in total. The number of nitrogens with one attached hydrogen (secondary N) is 1. The summed E-state index contributed by atoms with van der Waals surface area (Å²) in [5, 5.41) is 0. The van der Waals surface area contributed by atoms with Crippen LogP contribution >= 0.6 is 15.9 Å². The molecule has 1 aromatic heterocycles. The van der Waals surface area contributed by atoms with E-state index in [0.717, 1.165) is 21.3 Å². The topological polar surface area (TPSA) is 54.7 Å². The first-order chi connectivity index (χ1) is 6.58. The van der Waals surface area contributed by atoms with Crippen LogP contribution in [0.25, 0.3) is 11.0 Å². The van der Waals surface area contributed by atoms with E-state index < -0.39 is 0 Å². The molecule has 2 aromatic rings. The number of fused-ring (bicyclic) bond motifs is 1. The number of nitrogens with zero attached hydrogens (tertiary/aromatic N) is 1. The molecule has 74 valence electrons. The fraction of sp³-hybridized carbons (Fsp3) is 0.300. The van der Waals surface area contributed by atoms with Crippen molar-refractivity contribution in [3.63, 3.8) is 0 Å². The minimum atomic E-state index is 0.389. The third-order valence-corrected chi connectivity index (χ3v) is 2.60. The lowest BCUT2D eigenvalue weighted by molar-refractivity contribution is 0.799. The lowest BCUT2D eigenvalue weighted by Crippen LogP contribution is -1.89. The van der Waals surface area contributed by atoms with E-state index in [9.17, 15) is 0 Å². The molecule has 1 heterocycles. The van der Waals surface area contributed by atoms with Crippen LogP contribution in [0.3, 0.4) is 0 Å². The molecule has 0 spiro atoms. The number of benzene rings is 1. The highest BCUT2D eigenvalue weighted by molar-refractivity contribution is 9.10. The zero-order chi connectivity index (χ0) is 10.3. The van der Waals surface area contributed by atoms with E-state index in [1.807, 2.05) is 12.1 Å². The van der Waals surface area contributed by atoms with Crippen molar-refractivity contribution in [3.05, 3.63) is 22.4 Å². The van der Waals surface area contributed by atoms with Gasteiger partial charge in [0.05, 0.1) is 11.2 Å². The number of imidazole rings is 1. The van der Waals surface area contributed by atoms with Crippen molar-refractivity contribution < 1.29 is 0 Å². The zero-order valence-electron chi connectivity index (χ0n) is 8.13. The van der Waals surface area contributed by atoms with Gasteiger partial charge in [0, 0.05) is 10.4 Å². The first kappa shape index (κ1) is 9.52. The van der Waals surface area contributed by atoms with E-state index in [1.54, 1.807) is 0 Å². The van der Waals surface area contributed by atoms with E-state index in [4.69, 9.17) is 5.73 Å². The van der Waals surface area contributed by atoms with Crippen LogP contribution in [0.2, 0.25) is 0 Å². The normalized spacial score (nSPS) is 11.4. The minimum absolute atomic E-state index is 0.389. The first-order valence-corrected chi connectivity index (χ1v) is 5.32. The Morgan fingerprint density at radius 1 is 1.43 bits per heavy atom. The van der Waals surface area contributed by atoms with Gasteiger partial charge in [-0.3, -0.25) is 0 Å². The molecule has 0 aliphatic heterocycles. The van der Waals surface area contributed by atoms with Gasteiger partial charge >= 0.3 is 0 Å². The molecule has 0 radical (unpaired) electrons. The van der Waals surface area contributed by atoms with Gasteiger partial charge in [-0.15, -0.1) is 0 Å². The number of nitrogen functional groups attached to an aromatic ring is 1. The summed E-state index contributed by atoms with van der Waals surface area (Å²) in [5.74, 6) is 1.37. The average Bonchev–Trinajstić information content (AvgIpc) is 2.47. The summed E-state index contributed by atoms with van der Waals surface area (Å²) >= 11 is 3.40. The highest BCUT2D eigenvalue weighted by atomic mass is 79.9. The number of rotatable bonds is 1. The number of hydrogen-bond acceptors (Lipinski definition) is 2. The summed E-state index contributed by atoms with van der Waals surface area (Å²) in [6.45, 7) is 4.20. The zero-order valence-corrected chi connectivity index (χ0v) is 9.72. The second-order valence-corrected chi connectivity index (χ2v) is 4.58. The summed E-state index contributed by atoms with van der Waals surface area (Å²) in [6.07, 6.45) is 0. The Balaban J connectivity index is 2.70. The Morgan fingerprint density at radius 2 is 2.14 bits per heavy atom. The largest absolute Gasteiger partial charge is 0.397 e. The molecule has 0 fully saturated rings. The summed E-state index contributed by atoms with van der Waals surface area (Å²) in [6, 6.07) is 3.86. The summed E-state index contributed by atoms with van der Waals surface area (Å²) in [4.78, 5) is 7.71. The summed E-state index contributed by atoms with van der Waals surface area (Å²) in [7, 11) is 0. The number of hydrogen-bond donors (Lipinski definition) is 2. The molecule has 1 aromatic carbocycles. The van der Waals surface area contributed by atoms with Crippen molar-refractivity contribution in [2.75, 3.05) is 5.73 Å². The SMILES string of the molecule is CC(C)c1nc2c(N)cc(Br)cc2[nH]1. The van der Waals surface area contributed by atoms with E-state index in [2.05, 4.69) is 39.7 Å². The molecular formula is C10H12BrN3. The van der Waals surface area contributed by atoms with Crippen LogP contribution in [-0.2, 0) is 0 Å². The van der Waals surface area contributed by atoms with Crippen molar-refractivity contribution in [1.29, 1.82) is 0 Å². The molecule has 0 bridgehead atoms. The molecule has 0 amide bonds. The van der Waals surface area contributed by atoms with Crippen molar-refractivity contribution in [2.45, 2.75) is 19.8 Å². The molecule has 0 unspecified atom stereocenters.